The number of hydrogen-bond acceptors (Lipinski definition) is 2. The van der Waals surface area contributed by atoms with Crippen LogP contribution < -0.4 is 10.6 Å². The van der Waals surface area contributed by atoms with E-state index in [-0.39, 0.29) is 29.9 Å². The van der Waals surface area contributed by atoms with Crippen molar-refractivity contribution in [2.45, 2.75) is 52.5 Å². The molecule has 1 amide bonds. The molecule has 0 bridgehead atoms. The molecule has 3 rings (SSSR count). The maximum Gasteiger partial charge on any atom is 0.221 e. The molecule has 2 N–H and O–H groups in total. The second-order valence-electron chi connectivity index (χ2n) is 7.43. The fourth-order valence-corrected chi connectivity index (χ4v) is 4.19. The molecule has 6 heteroatoms. The molecule has 5 nitrogen and oxygen atoms in total. The van der Waals surface area contributed by atoms with E-state index in [0.717, 1.165) is 36.8 Å². The lowest BCUT2D eigenvalue weighted by atomic mass is 9.86. The molecule has 1 aromatic carbocycles. The minimum atomic E-state index is -0.0482. The Kier molecular flexibility index (Phi) is 7.73. The Morgan fingerprint density at radius 3 is 2.73 bits per heavy atom. The minimum absolute atomic E-state index is 0. The molecule has 1 saturated heterocycles. The monoisotopic (exact) mass is 470 g/mol. The molecule has 2 aliphatic rings. The van der Waals surface area contributed by atoms with Crippen LogP contribution in [0.5, 0.6) is 0 Å². The van der Waals surface area contributed by atoms with Crippen molar-refractivity contribution in [1.82, 2.24) is 10.2 Å². The summed E-state index contributed by atoms with van der Waals surface area (Å²) in [5, 5.41) is 6.29. The van der Waals surface area contributed by atoms with Crippen LogP contribution in [0.3, 0.4) is 0 Å². The van der Waals surface area contributed by atoms with Crippen LogP contribution in [0.1, 0.15) is 51.5 Å². The van der Waals surface area contributed by atoms with E-state index in [1.165, 1.54) is 39.0 Å². The van der Waals surface area contributed by atoms with Gasteiger partial charge in [0.15, 0.2) is 5.96 Å². The Bertz CT molecular complexity index is 640. The molecule has 1 aromatic rings. The molecule has 26 heavy (non-hydrogen) atoms. The Morgan fingerprint density at radius 2 is 2.04 bits per heavy atom. The van der Waals surface area contributed by atoms with Crippen LogP contribution in [-0.2, 0) is 11.3 Å². The number of guanidine groups is 1. The summed E-state index contributed by atoms with van der Waals surface area (Å²) in [6.45, 7) is 7.41. The van der Waals surface area contributed by atoms with Gasteiger partial charge in [-0.1, -0.05) is 25.0 Å². The molecular formula is C20H31IN4O. The Labute approximate surface area is 174 Å². The molecule has 2 fully saturated rings. The summed E-state index contributed by atoms with van der Waals surface area (Å²) >= 11 is 0. The quantitative estimate of drug-likeness (QED) is 0.398. The number of aliphatic imine (C=N–C) groups is 1. The number of nitrogens with zero attached hydrogens (tertiary/aromatic N) is 2. The molecule has 1 saturated carbocycles. The third-order valence-corrected chi connectivity index (χ3v) is 5.40. The van der Waals surface area contributed by atoms with Crippen molar-refractivity contribution in [3.8, 4) is 0 Å². The van der Waals surface area contributed by atoms with E-state index in [2.05, 4.69) is 28.5 Å². The van der Waals surface area contributed by atoms with E-state index in [0.29, 0.717) is 12.0 Å². The Hall–Kier alpha value is -1.31. The van der Waals surface area contributed by atoms with Crippen molar-refractivity contribution < 1.29 is 4.79 Å². The summed E-state index contributed by atoms with van der Waals surface area (Å²) in [7, 11) is 0. The number of hydrogen-bond donors (Lipinski definition) is 2. The van der Waals surface area contributed by atoms with E-state index < -0.39 is 0 Å². The van der Waals surface area contributed by atoms with Gasteiger partial charge in [-0.15, -0.1) is 24.0 Å². The number of carbonyl (C=O) groups excluding carboxylic acids is 1. The standard InChI is InChI=1S/C20H30N4O.HI/c1-3-21-19(24-12-11-20(15-24)9-4-5-10-20)22-14-17-7-6-8-18(13-17)23-16(2)25;/h6-8,13H,3-5,9-12,14-15H2,1-2H3,(H,21,22)(H,23,25);1H. The van der Waals surface area contributed by atoms with Crippen LogP contribution >= 0.6 is 24.0 Å². The number of halogens is 1. The van der Waals surface area contributed by atoms with E-state index in [9.17, 15) is 4.79 Å². The van der Waals surface area contributed by atoms with Crippen molar-refractivity contribution in [2.75, 3.05) is 25.0 Å². The zero-order chi connectivity index (χ0) is 17.7. The molecule has 1 spiro atoms. The third kappa shape index (κ3) is 5.34. The van der Waals surface area contributed by atoms with Gasteiger partial charge in [-0.3, -0.25) is 4.79 Å². The number of nitrogens with one attached hydrogen (secondary N) is 2. The van der Waals surface area contributed by atoms with Crippen molar-refractivity contribution in [3.63, 3.8) is 0 Å². The number of amides is 1. The number of carbonyl (C=O) groups is 1. The third-order valence-electron chi connectivity index (χ3n) is 5.40. The van der Waals surface area contributed by atoms with Crippen molar-refractivity contribution in [2.24, 2.45) is 10.4 Å². The lowest BCUT2D eigenvalue weighted by Crippen LogP contribution is -2.41. The first-order chi connectivity index (χ1) is 12.1. The largest absolute Gasteiger partial charge is 0.357 e. The van der Waals surface area contributed by atoms with Crippen LogP contribution in [0.2, 0.25) is 0 Å². The van der Waals surface area contributed by atoms with Gasteiger partial charge in [-0.2, -0.15) is 0 Å². The maximum atomic E-state index is 11.2. The second kappa shape index (κ2) is 9.58. The van der Waals surface area contributed by atoms with E-state index in [4.69, 9.17) is 4.99 Å². The zero-order valence-corrected chi connectivity index (χ0v) is 18.2. The van der Waals surface area contributed by atoms with Gasteiger partial charge >= 0.3 is 0 Å². The number of rotatable bonds is 4. The molecular weight excluding hydrogens is 439 g/mol. The summed E-state index contributed by atoms with van der Waals surface area (Å²) in [6, 6.07) is 7.92. The highest BCUT2D eigenvalue weighted by molar-refractivity contribution is 14.0. The van der Waals surface area contributed by atoms with E-state index >= 15 is 0 Å². The molecule has 1 aliphatic carbocycles. The normalized spacial score (nSPS) is 18.7. The van der Waals surface area contributed by atoms with Gasteiger partial charge in [-0.25, -0.2) is 4.99 Å². The second-order valence-corrected chi connectivity index (χ2v) is 7.43. The summed E-state index contributed by atoms with van der Waals surface area (Å²) in [5.74, 6) is 0.976. The highest BCUT2D eigenvalue weighted by Gasteiger charge is 2.41. The van der Waals surface area contributed by atoms with Gasteiger partial charge in [0.05, 0.1) is 6.54 Å². The van der Waals surface area contributed by atoms with Gasteiger partial charge in [0.1, 0.15) is 0 Å². The van der Waals surface area contributed by atoms with Gasteiger partial charge < -0.3 is 15.5 Å². The van der Waals surface area contributed by atoms with Crippen molar-refractivity contribution in [3.05, 3.63) is 29.8 Å². The Morgan fingerprint density at radius 1 is 1.27 bits per heavy atom. The molecule has 0 radical (unpaired) electrons. The number of benzene rings is 1. The zero-order valence-electron chi connectivity index (χ0n) is 15.9. The topological polar surface area (TPSA) is 56.7 Å². The fraction of sp³-hybridized carbons (Fsp3) is 0.600. The predicted molar refractivity (Wildman–Crippen MR) is 118 cm³/mol. The molecule has 1 heterocycles. The highest BCUT2D eigenvalue weighted by atomic mass is 127. The first-order valence-electron chi connectivity index (χ1n) is 9.50. The van der Waals surface area contributed by atoms with Gasteiger partial charge in [0.25, 0.3) is 0 Å². The molecule has 0 atom stereocenters. The number of likely N-dealkylation sites (tertiary alicyclic amines) is 1. The summed E-state index contributed by atoms with van der Waals surface area (Å²) < 4.78 is 0. The average molecular weight is 470 g/mol. The van der Waals surface area contributed by atoms with Gasteiger partial charge in [0, 0.05) is 32.2 Å². The summed E-state index contributed by atoms with van der Waals surface area (Å²) in [5.41, 5.74) is 2.48. The first kappa shape index (κ1) is 21.0. The van der Waals surface area contributed by atoms with Gasteiger partial charge in [-0.05, 0) is 49.3 Å². The SMILES string of the molecule is CCNC(=NCc1cccc(NC(C)=O)c1)N1CCC2(CCCC2)C1.I. The number of anilines is 1. The maximum absolute atomic E-state index is 11.2. The van der Waals surface area contributed by atoms with Crippen LogP contribution in [0.15, 0.2) is 29.3 Å². The van der Waals surface area contributed by atoms with Crippen LogP contribution in [-0.4, -0.2) is 36.4 Å². The first-order valence-corrected chi connectivity index (χ1v) is 9.50. The smallest absolute Gasteiger partial charge is 0.221 e. The van der Waals surface area contributed by atoms with E-state index in [1.54, 1.807) is 0 Å². The minimum Gasteiger partial charge on any atom is -0.357 e. The molecule has 144 valence electrons. The van der Waals surface area contributed by atoms with E-state index in [1.807, 2.05) is 18.2 Å². The lowest BCUT2D eigenvalue weighted by Gasteiger charge is -2.26. The van der Waals surface area contributed by atoms with Crippen LogP contribution in [0.4, 0.5) is 5.69 Å². The van der Waals surface area contributed by atoms with Crippen molar-refractivity contribution >= 4 is 41.5 Å². The highest BCUT2D eigenvalue weighted by Crippen LogP contribution is 2.45. The average Bonchev–Trinajstić information content (AvgIpc) is 3.21. The molecule has 0 aromatic heterocycles. The lowest BCUT2D eigenvalue weighted by molar-refractivity contribution is -0.114. The molecule has 0 unspecified atom stereocenters. The van der Waals surface area contributed by atoms with Crippen LogP contribution in [0.25, 0.3) is 0 Å². The molecule has 1 aliphatic heterocycles. The Balaban J connectivity index is 0.00000243. The van der Waals surface area contributed by atoms with Crippen LogP contribution in [0, 0.1) is 5.41 Å². The van der Waals surface area contributed by atoms with Crippen molar-refractivity contribution in [1.29, 1.82) is 0 Å². The van der Waals surface area contributed by atoms with Gasteiger partial charge in [0.2, 0.25) is 5.91 Å². The summed E-state index contributed by atoms with van der Waals surface area (Å²) in [6.07, 6.45) is 6.83. The summed E-state index contributed by atoms with van der Waals surface area (Å²) in [4.78, 5) is 18.5. The fourth-order valence-electron chi connectivity index (χ4n) is 4.19. The predicted octanol–water partition coefficient (Wildman–Crippen LogP) is 3.99.